The smallest absolute Gasteiger partial charge is 0.303 e. The van der Waals surface area contributed by atoms with Crippen molar-refractivity contribution in [2.75, 3.05) is 13.7 Å². The number of carbonyl (C=O) groups excluding carboxylic acids is 2. The number of amides is 1. The average Bonchev–Trinajstić information content (AvgIpc) is 3.59. The van der Waals surface area contributed by atoms with E-state index < -0.39 is 29.7 Å². The maximum Gasteiger partial charge on any atom is 0.303 e. The van der Waals surface area contributed by atoms with Crippen LogP contribution in [0.25, 0.3) is 0 Å². The number of epoxide rings is 1. The van der Waals surface area contributed by atoms with Gasteiger partial charge in [0.05, 0.1) is 24.9 Å². The molecule has 1 amide bonds. The summed E-state index contributed by atoms with van der Waals surface area (Å²) in [6.45, 7) is 11.5. The molecule has 37 heavy (non-hydrogen) atoms. The first-order valence-electron chi connectivity index (χ1n) is 13.1. The van der Waals surface area contributed by atoms with Crippen molar-refractivity contribution in [3.8, 4) is 0 Å². The highest BCUT2D eigenvalue weighted by Crippen LogP contribution is 2.46. The second-order valence-electron chi connectivity index (χ2n) is 10.8. The van der Waals surface area contributed by atoms with E-state index in [0.717, 1.165) is 18.4 Å². The van der Waals surface area contributed by atoms with Crippen LogP contribution in [0, 0.1) is 5.92 Å². The molecule has 0 unspecified atom stereocenters. The van der Waals surface area contributed by atoms with Gasteiger partial charge in [0, 0.05) is 26.5 Å². The Hall–Kier alpha value is -2.04. The van der Waals surface area contributed by atoms with Gasteiger partial charge < -0.3 is 34.1 Å². The summed E-state index contributed by atoms with van der Waals surface area (Å²) < 4.78 is 28.4. The third kappa shape index (κ3) is 7.97. The zero-order chi connectivity index (χ0) is 27.4. The van der Waals surface area contributed by atoms with E-state index in [-0.39, 0.29) is 36.0 Å². The normalized spacial score (nSPS) is 39.2. The SMILES string of the molecule is CO[C@]1(C)C[C@@]2(CO2)[C@H](O)[C@@H](/C=C/C(C)=C/C[C@@H]2O[C@H](C)[C@@H](NC(=O)/C=C\[C@H](C)OC(C)=O)C[C@@H]2C)O1. The monoisotopic (exact) mass is 521 g/mol. The molecule has 3 aliphatic heterocycles. The van der Waals surface area contributed by atoms with Crippen LogP contribution < -0.4 is 5.32 Å². The Labute approximate surface area is 220 Å². The maximum atomic E-state index is 12.3. The van der Waals surface area contributed by atoms with E-state index in [2.05, 4.69) is 18.3 Å². The predicted octanol–water partition coefficient (Wildman–Crippen LogP) is 2.97. The van der Waals surface area contributed by atoms with Crippen molar-refractivity contribution in [1.82, 2.24) is 5.32 Å². The average molecular weight is 522 g/mol. The van der Waals surface area contributed by atoms with Crippen LogP contribution >= 0.6 is 0 Å². The zero-order valence-corrected chi connectivity index (χ0v) is 23.1. The van der Waals surface area contributed by atoms with E-state index in [1.165, 1.54) is 13.0 Å². The standard InChI is InChI=1S/C28H43NO8/c1-17(9-12-24-26(32)28(16-34-28)15-27(6,33-7)37-24)8-11-23-18(2)14-22(20(4)36-23)29-25(31)13-10-19(3)35-21(5)30/h8-10,12-13,18-20,22-24,26,32H,11,14-16H2,1-7H3,(H,29,31)/b12-9+,13-10-,17-8+/t18-,19-,20+,22-,23-,24+,26+,27-,28+/m0/s1. The Kier molecular flexibility index (Phi) is 9.74. The Bertz CT molecular complexity index is 910. The lowest BCUT2D eigenvalue weighted by Crippen LogP contribution is -2.55. The molecule has 2 N–H and O–H groups in total. The highest BCUT2D eigenvalue weighted by Gasteiger charge is 2.61. The van der Waals surface area contributed by atoms with E-state index >= 15 is 0 Å². The summed E-state index contributed by atoms with van der Waals surface area (Å²) in [6.07, 6.45) is 9.09. The molecule has 0 bridgehead atoms. The van der Waals surface area contributed by atoms with Crippen LogP contribution in [0.1, 0.15) is 60.8 Å². The molecule has 208 valence electrons. The first-order valence-corrected chi connectivity index (χ1v) is 13.1. The van der Waals surface area contributed by atoms with Crippen molar-refractivity contribution in [3.05, 3.63) is 36.0 Å². The van der Waals surface area contributed by atoms with Gasteiger partial charge in [-0.15, -0.1) is 0 Å². The summed E-state index contributed by atoms with van der Waals surface area (Å²) in [5.41, 5.74) is 0.455. The summed E-state index contributed by atoms with van der Waals surface area (Å²) in [7, 11) is 1.60. The molecule has 3 saturated heterocycles. The molecule has 9 nitrogen and oxygen atoms in total. The predicted molar refractivity (Wildman–Crippen MR) is 138 cm³/mol. The van der Waals surface area contributed by atoms with Gasteiger partial charge in [-0.05, 0) is 52.5 Å². The fourth-order valence-corrected chi connectivity index (χ4v) is 5.06. The molecule has 9 heteroatoms. The van der Waals surface area contributed by atoms with Crippen molar-refractivity contribution in [2.45, 2.75) is 109 Å². The summed E-state index contributed by atoms with van der Waals surface area (Å²) >= 11 is 0. The molecular weight excluding hydrogens is 478 g/mol. The van der Waals surface area contributed by atoms with Crippen LogP contribution in [0.4, 0.5) is 0 Å². The first kappa shape index (κ1) is 29.5. The number of nitrogens with one attached hydrogen (secondary N) is 1. The fraction of sp³-hybridized carbons (Fsp3) is 0.714. The lowest BCUT2D eigenvalue weighted by Gasteiger charge is -2.42. The van der Waals surface area contributed by atoms with E-state index in [0.29, 0.717) is 13.0 Å². The Balaban J connectivity index is 1.50. The largest absolute Gasteiger partial charge is 0.459 e. The van der Waals surface area contributed by atoms with Crippen LogP contribution in [0.15, 0.2) is 36.0 Å². The molecule has 3 aliphatic rings. The van der Waals surface area contributed by atoms with Crippen molar-refractivity contribution >= 4 is 11.9 Å². The van der Waals surface area contributed by atoms with E-state index in [1.54, 1.807) is 20.1 Å². The third-order valence-corrected chi connectivity index (χ3v) is 7.44. The highest BCUT2D eigenvalue weighted by molar-refractivity contribution is 5.87. The lowest BCUT2D eigenvalue weighted by molar-refractivity contribution is -0.284. The second kappa shape index (κ2) is 12.2. The van der Waals surface area contributed by atoms with Crippen molar-refractivity contribution in [1.29, 1.82) is 0 Å². The van der Waals surface area contributed by atoms with Crippen molar-refractivity contribution in [2.24, 2.45) is 5.92 Å². The first-order chi connectivity index (χ1) is 17.4. The molecule has 0 radical (unpaired) electrons. The molecule has 0 saturated carbocycles. The van der Waals surface area contributed by atoms with E-state index in [9.17, 15) is 14.7 Å². The number of ether oxygens (including phenoxy) is 5. The molecule has 0 aromatic heterocycles. The fourth-order valence-electron chi connectivity index (χ4n) is 5.06. The van der Waals surface area contributed by atoms with Gasteiger partial charge in [0.15, 0.2) is 5.79 Å². The Morgan fingerprint density at radius 2 is 1.95 bits per heavy atom. The number of allylic oxidation sites excluding steroid dienone is 2. The van der Waals surface area contributed by atoms with E-state index in [1.807, 2.05) is 32.9 Å². The highest BCUT2D eigenvalue weighted by atomic mass is 16.7. The molecular formula is C28H43NO8. The minimum atomic E-state index is -0.799. The lowest BCUT2D eigenvalue weighted by atomic mass is 9.87. The van der Waals surface area contributed by atoms with Gasteiger partial charge in [0.1, 0.15) is 23.9 Å². The van der Waals surface area contributed by atoms with Crippen LogP contribution in [-0.4, -0.2) is 78.6 Å². The molecule has 3 heterocycles. The van der Waals surface area contributed by atoms with Crippen molar-refractivity contribution < 1.29 is 38.4 Å². The van der Waals surface area contributed by atoms with Crippen molar-refractivity contribution in [3.63, 3.8) is 0 Å². The second-order valence-corrected chi connectivity index (χ2v) is 10.8. The summed E-state index contributed by atoms with van der Waals surface area (Å²) in [5, 5.41) is 13.7. The number of methoxy groups -OCH3 is 1. The van der Waals surface area contributed by atoms with Crippen LogP contribution in [-0.2, 0) is 33.3 Å². The van der Waals surface area contributed by atoms with E-state index in [4.69, 9.17) is 23.7 Å². The van der Waals surface area contributed by atoms with Gasteiger partial charge in [-0.25, -0.2) is 0 Å². The Morgan fingerprint density at radius 3 is 2.57 bits per heavy atom. The number of carbonyl (C=O) groups is 2. The number of esters is 1. The quantitative estimate of drug-likeness (QED) is 0.206. The summed E-state index contributed by atoms with van der Waals surface area (Å²) in [6, 6.07) is -0.102. The number of hydrogen-bond acceptors (Lipinski definition) is 8. The maximum absolute atomic E-state index is 12.3. The molecule has 0 aromatic rings. The molecule has 1 spiro atoms. The molecule has 3 rings (SSSR count). The van der Waals surface area contributed by atoms with Gasteiger partial charge in [0.2, 0.25) is 5.91 Å². The Morgan fingerprint density at radius 1 is 1.24 bits per heavy atom. The zero-order valence-electron chi connectivity index (χ0n) is 23.1. The van der Waals surface area contributed by atoms with Crippen LogP contribution in [0.5, 0.6) is 0 Å². The summed E-state index contributed by atoms with van der Waals surface area (Å²) in [4.78, 5) is 23.3. The molecule has 0 aliphatic carbocycles. The number of hydrogen-bond donors (Lipinski definition) is 2. The topological polar surface area (TPSA) is 116 Å². The molecule has 3 fully saturated rings. The van der Waals surface area contributed by atoms with Gasteiger partial charge in [-0.2, -0.15) is 0 Å². The molecule has 9 atom stereocenters. The summed E-state index contributed by atoms with van der Waals surface area (Å²) in [5.74, 6) is -1.18. The van der Waals surface area contributed by atoms with Gasteiger partial charge in [0.25, 0.3) is 0 Å². The molecule has 0 aromatic carbocycles. The van der Waals surface area contributed by atoms with Gasteiger partial charge in [-0.1, -0.05) is 30.7 Å². The number of aliphatic hydroxyl groups excluding tert-OH is 1. The minimum absolute atomic E-state index is 0.0301. The van der Waals surface area contributed by atoms with Crippen LogP contribution in [0.2, 0.25) is 0 Å². The number of aliphatic hydroxyl groups is 1. The minimum Gasteiger partial charge on any atom is -0.459 e. The van der Waals surface area contributed by atoms with Crippen LogP contribution in [0.3, 0.4) is 0 Å². The van der Waals surface area contributed by atoms with Gasteiger partial charge in [-0.3, -0.25) is 9.59 Å². The number of rotatable bonds is 9. The van der Waals surface area contributed by atoms with Gasteiger partial charge >= 0.3 is 5.97 Å². The third-order valence-electron chi connectivity index (χ3n) is 7.44.